The molecule has 2 aliphatic rings. The average molecular weight is 463 g/mol. The first-order valence-electron chi connectivity index (χ1n) is 11.0. The minimum atomic E-state index is -0.787. The second-order valence-electron chi connectivity index (χ2n) is 7.83. The SMILES string of the molecule is CCc1ccc(N2C(=O)NC(=O)/C(=C\c3ccc(OCC(=O)N4CCOCC4)cc3)C2=O)cc1. The Kier molecular flexibility index (Phi) is 7.03. The van der Waals surface area contributed by atoms with E-state index in [0.29, 0.717) is 43.3 Å². The molecule has 2 aromatic rings. The molecule has 9 heteroatoms. The van der Waals surface area contributed by atoms with Crippen LogP contribution < -0.4 is 15.0 Å². The molecule has 1 N–H and O–H groups in total. The Morgan fingerprint density at radius 1 is 1.03 bits per heavy atom. The highest BCUT2D eigenvalue weighted by molar-refractivity contribution is 6.39. The lowest BCUT2D eigenvalue weighted by atomic mass is 10.1. The zero-order valence-corrected chi connectivity index (χ0v) is 18.8. The van der Waals surface area contributed by atoms with Crippen molar-refractivity contribution in [2.24, 2.45) is 0 Å². The molecule has 2 heterocycles. The van der Waals surface area contributed by atoms with E-state index in [4.69, 9.17) is 9.47 Å². The number of anilines is 1. The summed E-state index contributed by atoms with van der Waals surface area (Å²) in [6, 6.07) is 12.9. The van der Waals surface area contributed by atoms with Crippen LogP contribution in [-0.4, -0.2) is 61.6 Å². The fourth-order valence-electron chi connectivity index (χ4n) is 3.65. The van der Waals surface area contributed by atoms with Crippen molar-refractivity contribution in [2.75, 3.05) is 37.8 Å². The van der Waals surface area contributed by atoms with Gasteiger partial charge in [-0.15, -0.1) is 0 Å². The van der Waals surface area contributed by atoms with E-state index in [9.17, 15) is 19.2 Å². The molecule has 176 valence electrons. The zero-order valence-electron chi connectivity index (χ0n) is 18.8. The topological polar surface area (TPSA) is 105 Å². The molecule has 0 radical (unpaired) electrons. The number of aryl methyl sites for hydroxylation is 1. The number of amides is 5. The molecule has 5 amide bonds. The fraction of sp³-hybridized carbons (Fsp3) is 0.280. The van der Waals surface area contributed by atoms with Gasteiger partial charge in [-0.25, -0.2) is 9.69 Å². The number of carbonyl (C=O) groups is 4. The predicted molar refractivity (Wildman–Crippen MR) is 124 cm³/mol. The normalized spacial score (nSPS) is 17.7. The quantitative estimate of drug-likeness (QED) is 0.520. The van der Waals surface area contributed by atoms with Gasteiger partial charge in [-0.05, 0) is 47.9 Å². The first-order valence-corrected chi connectivity index (χ1v) is 11.0. The number of hydrogen-bond donors (Lipinski definition) is 1. The third-order valence-electron chi connectivity index (χ3n) is 5.62. The van der Waals surface area contributed by atoms with E-state index < -0.39 is 17.8 Å². The van der Waals surface area contributed by atoms with Crippen LogP contribution in [0.15, 0.2) is 54.1 Å². The summed E-state index contributed by atoms with van der Waals surface area (Å²) in [6.45, 7) is 4.06. The van der Waals surface area contributed by atoms with Crippen LogP contribution in [0.25, 0.3) is 6.08 Å². The Labute approximate surface area is 196 Å². The lowest BCUT2D eigenvalue weighted by Crippen LogP contribution is -2.54. The molecule has 0 aliphatic carbocycles. The second kappa shape index (κ2) is 10.3. The lowest BCUT2D eigenvalue weighted by molar-refractivity contribution is -0.137. The molecule has 2 fully saturated rings. The van der Waals surface area contributed by atoms with Gasteiger partial charge in [0.1, 0.15) is 11.3 Å². The maximum atomic E-state index is 13.0. The number of hydrogen-bond acceptors (Lipinski definition) is 6. The van der Waals surface area contributed by atoms with E-state index in [2.05, 4.69) is 5.32 Å². The van der Waals surface area contributed by atoms with E-state index in [-0.39, 0.29) is 18.1 Å². The van der Waals surface area contributed by atoms with Gasteiger partial charge in [-0.1, -0.05) is 31.2 Å². The number of imide groups is 2. The fourth-order valence-corrected chi connectivity index (χ4v) is 3.65. The number of urea groups is 1. The van der Waals surface area contributed by atoms with E-state index >= 15 is 0 Å². The Morgan fingerprint density at radius 2 is 1.71 bits per heavy atom. The van der Waals surface area contributed by atoms with Crippen molar-refractivity contribution in [1.82, 2.24) is 10.2 Å². The highest BCUT2D eigenvalue weighted by atomic mass is 16.5. The maximum Gasteiger partial charge on any atom is 0.335 e. The van der Waals surface area contributed by atoms with Crippen molar-refractivity contribution < 1.29 is 28.7 Å². The Hall–Kier alpha value is -3.98. The lowest BCUT2D eigenvalue weighted by Gasteiger charge is -2.26. The van der Waals surface area contributed by atoms with Crippen LogP contribution in [0.1, 0.15) is 18.1 Å². The van der Waals surface area contributed by atoms with Crippen LogP contribution in [0.2, 0.25) is 0 Å². The van der Waals surface area contributed by atoms with Gasteiger partial charge in [0.05, 0.1) is 18.9 Å². The van der Waals surface area contributed by atoms with Crippen molar-refractivity contribution in [3.63, 3.8) is 0 Å². The van der Waals surface area contributed by atoms with Gasteiger partial charge in [0.25, 0.3) is 17.7 Å². The molecule has 34 heavy (non-hydrogen) atoms. The number of morpholine rings is 1. The van der Waals surface area contributed by atoms with Gasteiger partial charge in [0.15, 0.2) is 6.61 Å². The molecule has 2 aromatic carbocycles. The molecule has 4 rings (SSSR count). The average Bonchev–Trinajstić information content (AvgIpc) is 2.86. The van der Waals surface area contributed by atoms with E-state index in [1.54, 1.807) is 41.3 Å². The molecule has 0 aromatic heterocycles. The number of carbonyl (C=O) groups excluding carboxylic acids is 4. The summed E-state index contributed by atoms with van der Waals surface area (Å²) in [5.41, 5.74) is 1.86. The van der Waals surface area contributed by atoms with Gasteiger partial charge in [-0.2, -0.15) is 0 Å². The van der Waals surface area contributed by atoms with E-state index in [0.717, 1.165) is 16.9 Å². The highest BCUT2D eigenvalue weighted by Gasteiger charge is 2.36. The first kappa shape index (κ1) is 23.2. The van der Waals surface area contributed by atoms with Crippen LogP contribution in [0, 0.1) is 0 Å². The number of ether oxygens (including phenoxy) is 2. The summed E-state index contributed by atoms with van der Waals surface area (Å²) < 4.78 is 10.8. The van der Waals surface area contributed by atoms with Crippen molar-refractivity contribution in [1.29, 1.82) is 0 Å². The first-order chi connectivity index (χ1) is 16.5. The summed E-state index contributed by atoms with van der Waals surface area (Å²) in [4.78, 5) is 52.6. The van der Waals surface area contributed by atoms with Crippen molar-refractivity contribution >= 4 is 35.5 Å². The molecular weight excluding hydrogens is 438 g/mol. The summed E-state index contributed by atoms with van der Waals surface area (Å²) in [5.74, 6) is -1.09. The van der Waals surface area contributed by atoms with E-state index in [1.165, 1.54) is 6.08 Å². The van der Waals surface area contributed by atoms with Crippen LogP contribution in [0.3, 0.4) is 0 Å². The van der Waals surface area contributed by atoms with Crippen LogP contribution in [-0.2, 0) is 25.5 Å². The maximum absolute atomic E-state index is 13.0. The van der Waals surface area contributed by atoms with Gasteiger partial charge in [-0.3, -0.25) is 19.7 Å². The van der Waals surface area contributed by atoms with Gasteiger partial charge in [0, 0.05) is 13.1 Å². The van der Waals surface area contributed by atoms with Crippen LogP contribution in [0.4, 0.5) is 10.5 Å². The number of nitrogens with zero attached hydrogens (tertiary/aromatic N) is 2. The largest absolute Gasteiger partial charge is 0.484 e. The van der Waals surface area contributed by atoms with Crippen molar-refractivity contribution in [3.8, 4) is 5.75 Å². The summed E-state index contributed by atoms with van der Waals surface area (Å²) in [6.07, 6.45) is 2.24. The molecule has 2 aliphatic heterocycles. The Morgan fingerprint density at radius 3 is 2.35 bits per heavy atom. The van der Waals surface area contributed by atoms with Crippen LogP contribution >= 0.6 is 0 Å². The predicted octanol–water partition coefficient (Wildman–Crippen LogP) is 2.15. The molecule has 2 saturated heterocycles. The molecule has 9 nitrogen and oxygen atoms in total. The van der Waals surface area contributed by atoms with Gasteiger partial charge >= 0.3 is 6.03 Å². The van der Waals surface area contributed by atoms with Crippen LogP contribution in [0.5, 0.6) is 5.75 Å². The van der Waals surface area contributed by atoms with Crippen molar-refractivity contribution in [3.05, 3.63) is 65.2 Å². The summed E-state index contributed by atoms with van der Waals surface area (Å²) in [7, 11) is 0. The van der Waals surface area contributed by atoms with Crippen molar-refractivity contribution in [2.45, 2.75) is 13.3 Å². The minimum absolute atomic E-state index is 0.0881. The number of rotatable bonds is 6. The number of benzene rings is 2. The Bertz CT molecular complexity index is 1120. The molecule has 0 spiro atoms. The molecular formula is C25H25N3O6. The minimum Gasteiger partial charge on any atom is -0.484 e. The van der Waals surface area contributed by atoms with Gasteiger partial charge < -0.3 is 14.4 Å². The zero-order chi connectivity index (χ0) is 24.1. The standard InChI is InChI=1S/C25H25N3O6/c1-2-17-3-7-19(8-4-17)28-24(31)21(23(30)26-25(28)32)15-18-5-9-20(10-6-18)34-16-22(29)27-11-13-33-14-12-27/h3-10,15H,2,11-14,16H2,1H3,(H,26,30,32)/b21-15+. The Balaban J connectivity index is 1.45. The monoisotopic (exact) mass is 463 g/mol. The number of barbiturate groups is 1. The number of nitrogens with one attached hydrogen (secondary N) is 1. The molecule has 0 bridgehead atoms. The van der Waals surface area contributed by atoms with Gasteiger partial charge in [0.2, 0.25) is 0 Å². The smallest absolute Gasteiger partial charge is 0.335 e. The second-order valence-corrected chi connectivity index (χ2v) is 7.83. The molecule has 0 saturated carbocycles. The summed E-state index contributed by atoms with van der Waals surface area (Å²) >= 11 is 0. The summed E-state index contributed by atoms with van der Waals surface area (Å²) in [5, 5.41) is 2.22. The molecule has 0 unspecified atom stereocenters. The third-order valence-corrected chi connectivity index (χ3v) is 5.62. The third kappa shape index (κ3) is 5.15. The van der Waals surface area contributed by atoms with E-state index in [1.807, 2.05) is 19.1 Å². The molecule has 0 atom stereocenters. The highest BCUT2D eigenvalue weighted by Crippen LogP contribution is 2.23.